The van der Waals surface area contributed by atoms with E-state index in [4.69, 9.17) is 4.74 Å². The maximum Gasteiger partial charge on any atom is 0.127 e. The van der Waals surface area contributed by atoms with Crippen LogP contribution >= 0.6 is 0 Å². The van der Waals surface area contributed by atoms with Crippen LogP contribution in [0, 0.1) is 17.8 Å². The van der Waals surface area contributed by atoms with E-state index < -0.39 is 0 Å². The average molecular weight is 311 g/mol. The Bertz CT molecular complexity index is 623. The molecule has 1 aliphatic rings. The Morgan fingerprint density at radius 2 is 1.74 bits per heavy atom. The number of ether oxygens (including phenoxy) is 1. The number of piperidine rings is 1. The van der Waals surface area contributed by atoms with Crippen molar-refractivity contribution in [2.75, 3.05) is 26.2 Å². The summed E-state index contributed by atoms with van der Waals surface area (Å²) in [6, 6.07) is 14.7. The molecule has 1 saturated heterocycles. The second-order valence-electron chi connectivity index (χ2n) is 7.56. The van der Waals surface area contributed by atoms with Gasteiger partial charge in [-0.2, -0.15) is 0 Å². The largest absolute Gasteiger partial charge is 0.493 e. The number of benzene rings is 2. The van der Waals surface area contributed by atoms with Crippen LogP contribution in [0.1, 0.15) is 27.2 Å². The SMILES string of the molecule is CC(COc1cccc2ccccc12)CN1CC(C)CC(C)C1. The van der Waals surface area contributed by atoms with Crippen molar-refractivity contribution in [2.45, 2.75) is 27.2 Å². The molecule has 3 unspecified atom stereocenters. The minimum atomic E-state index is 0.548. The Balaban J connectivity index is 1.57. The van der Waals surface area contributed by atoms with Crippen molar-refractivity contribution in [1.29, 1.82) is 0 Å². The van der Waals surface area contributed by atoms with E-state index in [9.17, 15) is 0 Å². The lowest BCUT2D eigenvalue weighted by Gasteiger charge is -2.36. The Labute approximate surface area is 140 Å². The number of rotatable bonds is 5. The predicted molar refractivity (Wildman–Crippen MR) is 98.0 cm³/mol. The summed E-state index contributed by atoms with van der Waals surface area (Å²) in [5.41, 5.74) is 0. The molecule has 23 heavy (non-hydrogen) atoms. The molecular weight excluding hydrogens is 282 g/mol. The van der Waals surface area contributed by atoms with Crippen LogP contribution < -0.4 is 4.74 Å². The van der Waals surface area contributed by atoms with Gasteiger partial charge in [-0.25, -0.2) is 0 Å². The smallest absolute Gasteiger partial charge is 0.127 e. The fourth-order valence-corrected chi connectivity index (χ4v) is 3.99. The highest BCUT2D eigenvalue weighted by molar-refractivity contribution is 5.88. The van der Waals surface area contributed by atoms with Gasteiger partial charge in [-0.15, -0.1) is 0 Å². The Morgan fingerprint density at radius 1 is 1.04 bits per heavy atom. The number of hydrogen-bond acceptors (Lipinski definition) is 2. The van der Waals surface area contributed by atoms with Gasteiger partial charge in [0.25, 0.3) is 0 Å². The fourth-order valence-electron chi connectivity index (χ4n) is 3.99. The monoisotopic (exact) mass is 311 g/mol. The van der Waals surface area contributed by atoms with Crippen LogP contribution in [0.3, 0.4) is 0 Å². The first kappa shape index (κ1) is 16.3. The molecule has 2 aromatic carbocycles. The topological polar surface area (TPSA) is 12.5 Å². The van der Waals surface area contributed by atoms with Crippen molar-refractivity contribution >= 4 is 10.8 Å². The first-order chi connectivity index (χ1) is 11.1. The van der Waals surface area contributed by atoms with E-state index in [2.05, 4.69) is 68.1 Å². The van der Waals surface area contributed by atoms with Crippen molar-refractivity contribution < 1.29 is 4.74 Å². The van der Waals surface area contributed by atoms with Crippen LogP contribution in [0.4, 0.5) is 0 Å². The summed E-state index contributed by atoms with van der Waals surface area (Å²) in [6.07, 6.45) is 1.37. The lowest BCUT2D eigenvalue weighted by Crippen LogP contribution is -2.41. The van der Waals surface area contributed by atoms with E-state index >= 15 is 0 Å². The first-order valence-corrected chi connectivity index (χ1v) is 8.94. The maximum absolute atomic E-state index is 6.15. The molecule has 0 saturated carbocycles. The van der Waals surface area contributed by atoms with Gasteiger partial charge in [0.2, 0.25) is 0 Å². The van der Waals surface area contributed by atoms with E-state index in [0.29, 0.717) is 5.92 Å². The van der Waals surface area contributed by atoms with Gasteiger partial charge >= 0.3 is 0 Å². The minimum absolute atomic E-state index is 0.548. The van der Waals surface area contributed by atoms with Crippen LogP contribution in [0.15, 0.2) is 42.5 Å². The summed E-state index contributed by atoms with van der Waals surface area (Å²) in [5, 5.41) is 2.46. The van der Waals surface area contributed by atoms with E-state index in [-0.39, 0.29) is 0 Å². The minimum Gasteiger partial charge on any atom is -0.493 e. The van der Waals surface area contributed by atoms with Crippen molar-refractivity contribution in [3.63, 3.8) is 0 Å². The van der Waals surface area contributed by atoms with Crippen LogP contribution in [0.2, 0.25) is 0 Å². The van der Waals surface area contributed by atoms with E-state index in [0.717, 1.165) is 30.7 Å². The number of likely N-dealkylation sites (tertiary alicyclic amines) is 1. The van der Waals surface area contributed by atoms with E-state index in [1.807, 2.05) is 0 Å². The molecule has 2 heteroatoms. The zero-order valence-corrected chi connectivity index (χ0v) is 14.7. The van der Waals surface area contributed by atoms with Gasteiger partial charge in [0.15, 0.2) is 0 Å². The molecular formula is C21H29NO. The van der Waals surface area contributed by atoms with Gasteiger partial charge in [0.05, 0.1) is 6.61 Å². The maximum atomic E-state index is 6.15. The first-order valence-electron chi connectivity index (χ1n) is 8.94. The van der Waals surface area contributed by atoms with Gasteiger partial charge in [0, 0.05) is 30.9 Å². The molecule has 2 aromatic rings. The summed E-state index contributed by atoms with van der Waals surface area (Å²) in [6.45, 7) is 11.5. The van der Waals surface area contributed by atoms with Crippen molar-refractivity contribution in [3.8, 4) is 5.75 Å². The average Bonchev–Trinajstić information content (AvgIpc) is 2.52. The summed E-state index contributed by atoms with van der Waals surface area (Å²) < 4.78 is 6.15. The molecule has 1 fully saturated rings. The molecule has 1 aliphatic heterocycles. The summed E-state index contributed by atoms with van der Waals surface area (Å²) >= 11 is 0. The molecule has 2 nitrogen and oxygen atoms in total. The Kier molecular flexibility index (Phi) is 5.22. The highest BCUT2D eigenvalue weighted by Gasteiger charge is 2.22. The molecule has 0 aliphatic carbocycles. The predicted octanol–water partition coefficient (Wildman–Crippen LogP) is 4.83. The van der Waals surface area contributed by atoms with Gasteiger partial charge in [-0.05, 0) is 29.7 Å². The van der Waals surface area contributed by atoms with Crippen LogP contribution in [0.25, 0.3) is 10.8 Å². The van der Waals surface area contributed by atoms with Gasteiger partial charge in [-0.3, -0.25) is 0 Å². The number of nitrogens with zero attached hydrogens (tertiary/aromatic N) is 1. The molecule has 0 radical (unpaired) electrons. The number of fused-ring (bicyclic) bond motifs is 1. The highest BCUT2D eigenvalue weighted by atomic mass is 16.5. The molecule has 0 N–H and O–H groups in total. The molecule has 0 amide bonds. The van der Waals surface area contributed by atoms with E-state index in [1.165, 1.54) is 30.3 Å². The van der Waals surface area contributed by atoms with Gasteiger partial charge in [0.1, 0.15) is 5.75 Å². The van der Waals surface area contributed by atoms with Crippen LogP contribution in [-0.4, -0.2) is 31.1 Å². The molecule has 124 valence electrons. The third kappa shape index (κ3) is 4.26. The lowest BCUT2D eigenvalue weighted by atomic mass is 9.91. The Morgan fingerprint density at radius 3 is 2.52 bits per heavy atom. The standard InChI is InChI=1S/C21H29NO/c1-16-11-17(2)13-22(12-16)14-18(3)15-23-21-10-6-8-19-7-4-5-9-20(19)21/h4-10,16-18H,11-15H2,1-3H3. The zero-order valence-electron chi connectivity index (χ0n) is 14.7. The molecule has 3 rings (SSSR count). The zero-order chi connectivity index (χ0) is 16.2. The lowest BCUT2D eigenvalue weighted by molar-refractivity contribution is 0.110. The molecule has 0 aromatic heterocycles. The normalized spacial score (nSPS) is 23.8. The van der Waals surface area contributed by atoms with E-state index in [1.54, 1.807) is 0 Å². The second kappa shape index (κ2) is 7.35. The quantitative estimate of drug-likeness (QED) is 0.784. The molecule has 3 atom stereocenters. The summed E-state index contributed by atoms with van der Waals surface area (Å²) in [4.78, 5) is 2.62. The Hall–Kier alpha value is -1.54. The van der Waals surface area contributed by atoms with Gasteiger partial charge in [-0.1, -0.05) is 57.2 Å². The van der Waals surface area contributed by atoms with Crippen molar-refractivity contribution in [1.82, 2.24) is 4.90 Å². The summed E-state index contributed by atoms with van der Waals surface area (Å²) in [7, 11) is 0. The third-order valence-corrected chi connectivity index (χ3v) is 4.79. The fraction of sp³-hybridized carbons (Fsp3) is 0.524. The highest BCUT2D eigenvalue weighted by Crippen LogP contribution is 2.26. The summed E-state index contributed by atoms with van der Waals surface area (Å²) in [5.74, 6) is 3.21. The molecule has 0 spiro atoms. The second-order valence-corrected chi connectivity index (χ2v) is 7.56. The molecule has 0 bridgehead atoms. The molecule has 1 heterocycles. The van der Waals surface area contributed by atoms with Crippen LogP contribution in [-0.2, 0) is 0 Å². The van der Waals surface area contributed by atoms with Crippen LogP contribution in [0.5, 0.6) is 5.75 Å². The van der Waals surface area contributed by atoms with Crippen molar-refractivity contribution in [3.05, 3.63) is 42.5 Å². The third-order valence-electron chi connectivity index (χ3n) is 4.79. The number of hydrogen-bond donors (Lipinski definition) is 0. The van der Waals surface area contributed by atoms with Crippen molar-refractivity contribution in [2.24, 2.45) is 17.8 Å². The van der Waals surface area contributed by atoms with Gasteiger partial charge < -0.3 is 9.64 Å².